The van der Waals surface area contributed by atoms with E-state index in [1.165, 1.54) is 18.8 Å². The van der Waals surface area contributed by atoms with Crippen molar-refractivity contribution in [3.05, 3.63) is 50.8 Å². The number of nitrogens with one attached hydrogen (secondary N) is 1. The summed E-state index contributed by atoms with van der Waals surface area (Å²) in [6.07, 6.45) is 0. The first kappa shape index (κ1) is 19.4. The Labute approximate surface area is 162 Å². The van der Waals surface area contributed by atoms with Crippen LogP contribution in [0.15, 0.2) is 33.5 Å². The van der Waals surface area contributed by atoms with E-state index in [0.717, 1.165) is 11.3 Å². The van der Waals surface area contributed by atoms with Gasteiger partial charge >= 0.3 is 17.7 Å². The lowest BCUT2D eigenvalue weighted by atomic mass is 10.1. The molecule has 1 N–H and O–H groups in total. The normalized spacial score (nSPS) is 10.7. The Hall–Kier alpha value is -3.40. The Morgan fingerprint density at radius 1 is 1.14 bits per heavy atom. The topological polar surface area (TPSA) is 117 Å². The Kier molecular flexibility index (Phi) is 5.32. The third-order valence-electron chi connectivity index (χ3n) is 4.04. The van der Waals surface area contributed by atoms with E-state index >= 15 is 0 Å². The number of hydrogen-bond acceptors (Lipinski definition) is 8. The molecule has 0 aliphatic carbocycles. The highest BCUT2D eigenvalue weighted by Gasteiger charge is 2.27. The molecule has 146 valence electrons. The zero-order valence-electron chi connectivity index (χ0n) is 15.2. The number of aromatic nitrogens is 1. The summed E-state index contributed by atoms with van der Waals surface area (Å²) in [4.78, 5) is 48.7. The van der Waals surface area contributed by atoms with Gasteiger partial charge in [0.2, 0.25) is 5.91 Å². The lowest BCUT2D eigenvalue weighted by Gasteiger charge is -2.06. The number of ether oxygens (including phenoxy) is 2. The number of methoxy groups -OCH3 is 2. The highest BCUT2D eigenvalue weighted by molar-refractivity contribution is 7.18. The second-order valence-electron chi connectivity index (χ2n) is 5.71. The minimum Gasteiger partial charge on any atom is -0.465 e. The van der Waals surface area contributed by atoms with Crippen molar-refractivity contribution < 1.29 is 28.3 Å². The molecule has 0 aliphatic heterocycles. The first-order valence-corrected chi connectivity index (χ1v) is 8.87. The molecular weight excluding hydrogens is 388 g/mol. The number of nitrogens with zero attached hydrogens (tertiary/aromatic N) is 1. The number of carbonyl (C=O) groups is 3. The predicted molar refractivity (Wildman–Crippen MR) is 101 cm³/mol. The molecule has 0 bridgehead atoms. The SMILES string of the molecule is COC(=O)c1sc(NC(=O)Cn2c(=O)oc3ccccc32)c(C(=O)OC)c1C. The maximum atomic E-state index is 12.5. The third kappa shape index (κ3) is 3.41. The zero-order chi connectivity index (χ0) is 20.4. The number of para-hydroxylation sites is 2. The van der Waals surface area contributed by atoms with Gasteiger partial charge in [0.05, 0.1) is 25.3 Å². The molecule has 0 unspecified atom stereocenters. The van der Waals surface area contributed by atoms with Gasteiger partial charge in [0, 0.05) is 0 Å². The maximum absolute atomic E-state index is 12.5. The lowest BCUT2D eigenvalue weighted by Crippen LogP contribution is -2.25. The first-order valence-electron chi connectivity index (χ1n) is 8.05. The second-order valence-corrected chi connectivity index (χ2v) is 6.73. The van der Waals surface area contributed by atoms with E-state index in [9.17, 15) is 19.2 Å². The summed E-state index contributed by atoms with van der Waals surface area (Å²) in [5.74, 6) is -2.59. The van der Waals surface area contributed by atoms with E-state index in [1.807, 2.05) is 0 Å². The first-order chi connectivity index (χ1) is 13.4. The van der Waals surface area contributed by atoms with E-state index in [1.54, 1.807) is 31.2 Å². The van der Waals surface area contributed by atoms with Crippen LogP contribution in [0.4, 0.5) is 5.00 Å². The number of carbonyl (C=O) groups excluding carboxylic acids is 3. The lowest BCUT2D eigenvalue weighted by molar-refractivity contribution is -0.116. The van der Waals surface area contributed by atoms with Gasteiger partial charge in [0.1, 0.15) is 16.4 Å². The number of rotatable bonds is 5. The van der Waals surface area contributed by atoms with Gasteiger partial charge in [-0.3, -0.25) is 9.36 Å². The second kappa shape index (κ2) is 7.69. The van der Waals surface area contributed by atoms with Gasteiger partial charge in [-0.1, -0.05) is 12.1 Å². The van der Waals surface area contributed by atoms with Crippen LogP contribution in [0.25, 0.3) is 11.1 Å². The van der Waals surface area contributed by atoms with Gasteiger partial charge < -0.3 is 19.2 Å². The summed E-state index contributed by atoms with van der Waals surface area (Å²) in [5, 5.41) is 2.70. The molecule has 2 heterocycles. The standard InChI is InChI=1S/C18H16N2O7S/c1-9-13(16(22)25-2)15(28-14(9)17(23)26-3)19-12(21)8-20-10-6-4-5-7-11(10)27-18(20)24/h4-7H,8H2,1-3H3,(H,19,21). The van der Waals surface area contributed by atoms with E-state index in [-0.39, 0.29) is 22.0 Å². The molecule has 0 radical (unpaired) electrons. The van der Waals surface area contributed by atoms with Gasteiger partial charge in [0.15, 0.2) is 5.58 Å². The number of benzene rings is 1. The average molecular weight is 404 g/mol. The van der Waals surface area contributed by atoms with Crippen LogP contribution >= 0.6 is 11.3 Å². The van der Waals surface area contributed by atoms with Crippen LogP contribution < -0.4 is 11.1 Å². The number of oxazole rings is 1. The van der Waals surface area contributed by atoms with Crippen molar-refractivity contribution in [3.63, 3.8) is 0 Å². The van der Waals surface area contributed by atoms with Crippen molar-refractivity contribution in [1.82, 2.24) is 4.57 Å². The van der Waals surface area contributed by atoms with Crippen LogP contribution in [-0.2, 0) is 20.8 Å². The summed E-state index contributed by atoms with van der Waals surface area (Å²) < 4.78 is 15.7. The summed E-state index contributed by atoms with van der Waals surface area (Å²) in [6.45, 7) is 1.22. The van der Waals surface area contributed by atoms with Crippen LogP contribution in [0.2, 0.25) is 0 Å². The molecular formula is C18H16N2O7S. The van der Waals surface area contributed by atoms with Crippen LogP contribution in [0, 0.1) is 6.92 Å². The Morgan fingerprint density at radius 2 is 1.82 bits per heavy atom. The van der Waals surface area contributed by atoms with E-state index in [0.29, 0.717) is 16.7 Å². The summed E-state index contributed by atoms with van der Waals surface area (Å²) >= 11 is 0.893. The number of esters is 2. The minimum absolute atomic E-state index is 0.0608. The predicted octanol–water partition coefficient (Wildman–Crippen LogP) is 2.18. The Morgan fingerprint density at radius 3 is 2.50 bits per heavy atom. The Bertz CT molecular complexity index is 1140. The largest absolute Gasteiger partial charge is 0.465 e. The smallest absolute Gasteiger partial charge is 0.420 e. The molecule has 0 saturated carbocycles. The van der Waals surface area contributed by atoms with Crippen molar-refractivity contribution in [2.24, 2.45) is 0 Å². The number of hydrogen-bond donors (Lipinski definition) is 1. The van der Waals surface area contributed by atoms with Crippen molar-refractivity contribution in [2.45, 2.75) is 13.5 Å². The van der Waals surface area contributed by atoms with Crippen molar-refractivity contribution in [3.8, 4) is 0 Å². The molecule has 0 saturated heterocycles. The van der Waals surface area contributed by atoms with E-state index in [2.05, 4.69) is 5.32 Å². The monoisotopic (exact) mass is 404 g/mol. The molecule has 10 heteroatoms. The van der Waals surface area contributed by atoms with Gasteiger partial charge in [-0.05, 0) is 24.6 Å². The molecule has 1 amide bonds. The number of thiophene rings is 1. The van der Waals surface area contributed by atoms with E-state index < -0.39 is 23.6 Å². The fourth-order valence-electron chi connectivity index (χ4n) is 2.71. The molecule has 1 aromatic carbocycles. The van der Waals surface area contributed by atoms with Gasteiger partial charge in [-0.15, -0.1) is 11.3 Å². The van der Waals surface area contributed by atoms with Gasteiger partial charge in [-0.2, -0.15) is 0 Å². The number of anilines is 1. The molecule has 3 aromatic rings. The van der Waals surface area contributed by atoms with Crippen molar-refractivity contribution in [1.29, 1.82) is 0 Å². The molecule has 0 aliphatic rings. The molecule has 9 nitrogen and oxygen atoms in total. The van der Waals surface area contributed by atoms with Gasteiger partial charge in [0.25, 0.3) is 0 Å². The molecule has 0 spiro atoms. The van der Waals surface area contributed by atoms with Crippen LogP contribution in [0.5, 0.6) is 0 Å². The van der Waals surface area contributed by atoms with Crippen molar-refractivity contribution in [2.75, 3.05) is 19.5 Å². The molecule has 2 aromatic heterocycles. The van der Waals surface area contributed by atoms with Crippen molar-refractivity contribution >= 4 is 45.3 Å². The highest BCUT2D eigenvalue weighted by atomic mass is 32.1. The quantitative estimate of drug-likeness (QED) is 0.648. The molecule has 0 atom stereocenters. The zero-order valence-corrected chi connectivity index (χ0v) is 16.0. The summed E-state index contributed by atoms with van der Waals surface area (Å²) in [6, 6.07) is 6.69. The molecule has 28 heavy (non-hydrogen) atoms. The number of fused-ring (bicyclic) bond motifs is 1. The minimum atomic E-state index is -0.704. The summed E-state index contributed by atoms with van der Waals surface area (Å²) in [5.41, 5.74) is 1.22. The van der Waals surface area contributed by atoms with E-state index in [4.69, 9.17) is 13.9 Å². The maximum Gasteiger partial charge on any atom is 0.420 e. The summed E-state index contributed by atoms with van der Waals surface area (Å²) in [7, 11) is 2.41. The fraction of sp³-hybridized carbons (Fsp3) is 0.222. The number of amides is 1. The highest BCUT2D eigenvalue weighted by Crippen LogP contribution is 2.34. The van der Waals surface area contributed by atoms with Gasteiger partial charge in [-0.25, -0.2) is 14.4 Å². The van der Waals surface area contributed by atoms with Crippen LogP contribution in [0.1, 0.15) is 25.6 Å². The molecule has 3 rings (SSSR count). The van der Waals surface area contributed by atoms with Crippen LogP contribution in [-0.4, -0.2) is 36.6 Å². The average Bonchev–Trinajstić information content (AvgIpc) is 3.17. The fourth-order valence-corrected chi connectivity index (χ4v) is 3.84. The molecule has 0 fully saturated rings. The van der Waals surface area contributed by atoms with Crippen LogP contribution in [0.3, 0.4) is 0 Å². The third-order valence-corrected chi connectivity index (χ3v) is 5.22. The Balaban J connectivity index is 1.93.